The maximum atomic E-state index is 2.29. The van der Waals surface area contributed by atoms with Crippen LogP contribution >= 0.6 is 47.0 Å². The maximum Gasteiger partial charge on any atom is 0.0235 e. The van der Waals surface area contributed by atoms with Crippen LogP contribution in [0, 0.1) is 0 Å². The lowest BCUT2D eigenvalue weighted by Gasteiger charge is -2.13. The first-order valence-electron chi connectivity index (χ1n) is 19.0. The van der Waals surface area contributed by atoms with Crippen molar-refractivity contribution in [2.24, 2.45) is 0 Å². The minimum absolute atomic E-state index is 0.942. The lowest BCUT2D eigenvalue weighted by atomic mass is 9.95. The van der Waals surface area contributed by atoms with Crippen molar-refractivity contribution < 1.29 is 0 Å². The van der Waals surface area contributed by atoms with E-state index in [1.807, 2.05) is 47.0 Å². The van der Waals surface area contributed by atoms with Crippen LogP contribution in [0.5, 0.6) is 0 Å². The SMILES string of the molecule is c1ccc2c(c1)CSc1ccc(cc1)-c1ccccc1-c1ccc(cc1)SCc1ccccc1CSc1ccc(cc1)-c1ccccc1-c1ccc(cc1)SC2. The molecule has 0 fully saturated rings. The summed E-state index contributed by atoms with van der Waals surface area (Å²) in [7, 11) is 0. The molecule has 0 saturated carbocycles. The van der Waals surface area contributed by atoms with Gasteiger partial charge in [0.2, 0.25) is 0 Å². The zero-order valence-corrected chi connectivity index (χ0v) is 34.2. The van der Waals surface area contributed by atoms with E-state index >= 15 is 0 Å². The van der Waals surface area contributed by atoms with Crippen LogP contribution in [0.25, 0.3) is 44.5 Å². The molecule has 8 aromatic rings. The maximum absolute atomic E-state index is 2.29. The predicted molar refractivity (Wildman–Crippen MR) is 246 cm³/mol. The molecule has 0 aliphatic carbocycles. The van der Waals surface area contributed by atoms with Crippen molar-refractivity contribution in [3.8, 4) is 44.5 Å². The van der Waals surface area contributed by atoms with Gasteiger partial charge in [-0.25, -0.2) is 0 Å². The highest BCUT2D eigenvalue weighted by molar-refractivity contribution is 7.99. The molecule has 56 heavy (non-hydrogen) atoms. The zero-order valence-electron chi connectivity index (χ0n) is 30.9. The van der Waals surface area contributed by atoms with Gasteiger partial charge in [-0.2, -0.15) is 0 Å². The van der Waals surface area contributed by atoms with Gasteiger partial charge in [0.15, 0.2) is 0 Å². The Morgan fingerprint density at radius 3 is 0.625 bits per heavy atom. The van der Waals surface area contributed by atoms with E-state index in [0.717, 1.165) is 23.0 Å². The molecule has 15 rings (SSSR count). The summed E-state index contributed by atoms with van der Waals surface area (Å²) in [5.74, 6) is 3.77. The van der Waals surface area contributed by atoms with Gasteiger partial charge < -0.3 is 0 Å². The third-order valence-electron chi connectivity index (χ3n) is 10.3. The van der Waals surface area contributed by atoms with E-state index in [-0.39, 0.29) is 0 Å². The van der Waals surface area contributed by atoms with E-state index in [2.05, 4.69) is 194 Å². The Morgan fingerprint density at radius 1 is 0.214 bits per heavy atom. The largest absolute Gasteiger partial charge is 0.121 e. The van der Waals surface area contributed by atoms with Crippen molar-refractivity contribution in [1.29, 1.82) is 0 Å². The molecule has 272 valence electrons. The van der Waals surface area contributed by atoms with Gasteiger partial charge in [0.25, 0.3) is 0 Å². The van der Waals surface area contributed by atoms with Gasteiger partial charge in [0.05, 0.1) is 0 Å². The monoisotopic (exact) mass is 792 g/mol. The molecule has 7 aliphatic heterocycles. The second-order valence-electron chi connectivity index (χ2n) is 13.9. The molecule has 7 aliphatic rings. The van der Waals surface area contributed by atoms with Gasteiger partial charge >= 0.3 is 0 Å². The summed E-state index contributed by atoms with van der Waals surface area (Å²) >= 11 is 7.64. The highest BCUT2D eigenvalue weighted by Crippen LogP contribution is 2.38. The first-order chi connectivity index (χ1) is 27.7. The van der Waals surface area contributed by atoms with E-state index in [0.29, 0.717) is 0 Å². The summed E-state index contributed by atoms with van der Waals surface area (Å²) in [5, 5.41) is 0. The molecule has 8 bridgehead atoms. The third kappa shape index (κ3) is 8.60. The van der Waals surface area contributed by atoms with Crippen LogP contribution in [0.15, 0.2) is 214 Å². The number of hydrogen-bond donors (Lipinski definition) is 0. The minimum atomic E-state index is 0.942. The van der Waals surface area contributed by atoms with Gasteiger partial charge in [-0.05, 0) is 115 Å². The Labute approximate surface area is 348 Å². The first-order valence-corrected chi connectivity index (χ1v) is 22.9. The van der Waals surface area contributed by atoms with Gasteiger partial charge in [0, 0.05) is 42.6 Å². The Balaban J connectivity index is 1.02. The molecule has 4 heteroatoms. The fraction of sp³-hybridized carbons (Fsp3) is 0.0769. The first kappa shape index (κ1) is 36.8. The molecule has 0 N–H and O–H groups in total. The second kappa shape index (κ2) is 17.5. The summed E-state index contributed by atoms with van der Waals surface area (Å²) in [5.41, 5.74) is 15.6. The van der Waals surface area contributed by atoms with E-state index in [1.54, 1.807) is 0 Å². The van der Waals surface area contributed by atoms with Crippen molar-refractivity contribution in [1.82, 2.24) is 0 Å². The van der Waals surface area contributed by atoms with E-state index < -0.39 is 0 Å². The molecule has 7 heterocycles. The topological polar surface area (TPSA) is 0 Å². The molecular formula is C52H40S4. The Hall–Kier alpha value is -4.84. The van der Waals surface area contributed by atoms with Gasteiger partial charge in [-0.1, -0.05) is 146 Å². The minimum Gasteiger partial charge on any atom is -0.121 e. The lowest BCUT2D eigenvalue weighted by Crippen LogP contribution is -1.91. The standard InChI is InChI=1S/C52H40S4/c1-2-10-42-34-54-46-27-19-38(20-28-46)50-14-7-8-16-52(50)40-23-31-48(32-24-40)56-36-44-12-4-3-11-43(44)35-55-47-29-21-39(22-30-47)51-15-6-5-13-49(51)37-17-25-45(26-18-37)53-33-41(42)9-1/h1-32H,33-36H2. The Morgan fingerprint density at radius 2 is 0.411 bits per heavy atom. The Kier molecular flexibility index (Phi) is 11.5. The predicted octanol–water partition coefficient (Wildman–Crippen LogP) is 15.8. The molecule has 0 spiro atoms. The van der Waals surface area contributed by atoms with Gasteiger partial charge in [-0.15, -0.1) is 47.0 Å². The van der Waals surface area contributed by atoms with Gasteiger partial charge in [-0.3, -0.25) is 0 Å². The Bertz CT molecular complexity index is 2190. The number of hydrogen-bond acceptors (Lipinski definition) is 4. The van der Waals surface area contributed by atoms with Crippen LogP contribution in [-0.4, -0.2) is 0 Å². The molecule has 0 saturated heterocycles. The third-order valence-corrected chi connectivity index (χ3v) is 14.6. The molecule has 0 amide bonds. The average molecular weight is 793 g/mol. The van der Waals surface area contributed by atoms with Crippen LogP contribution in [0.2, 0.25) is 0 Å². The molecule has 0 radical (unpaired) electrons. The van der Waals surface area contributed by atoms with Crippen molar-refractivity contribution in [3.05, 3.63) is 216 Å². The van der Waals surface area contributed by atoms with E-state index in [9.17, 15) is 0 Å². The summed E-state index contributed by atoms with van der Waals surface area (Å²) in [6.07, 6.45) is 0. The van der Waals surface area contributed by atoms with E-state index in [1.165, 1.54) is 86.3 Å². The highest BCUT2D eigenvalue weighted by atomic mass is 32.2. The number of thioether (sulfide) groups is 4. The molecule has 0 nitrogen and oxygen atoms in total. The number of rotatable bonds is 0. The van der Waals surface area contributed by atoms with Crippen LogP contribution in [0.3, 0.4) is 0 Å². The lowest BCUT2D eigenvalue weighted by molar-refractivity contribution is 1.27. The molecular weight excluding hydrogens is 753 g/mol. The van der Waals surface area contributed by atoms with Crippen molar-refractivity contribution >= 4 is 47.0 Å². The van der Waals surface area contributed by atoms with Crippen LogP contribution in [-0.2, 0) is 23.0 Å². The molecule has 0 aromatic heterocycles. The van der Waals surface area contributed by atoms with E-state index in [4.69, 9.17) is 0 Å². The normalized spacial score (nSPS) is 13.1. The van der Waals surface area contributed by atoms with Crippen molar-refractivity contribution in [3.63, 3.8) is 0 Å². The van der Waals surface area contributed by atoms with Crippen molar-refractivity contribution in [2.75, 3.05) is 0 Å². The van der Waals surface area contributed by atoms with Crippen LogP contribution in [0.1, 0.15) is 22.3 Å². The van der Waals surface area contributed by atoms with Gasteiger partial charge in [0.1, 0.15) is 0 Å². The molecule has 8 aromatic carbocycles. The van der Waals surface area contributed by atoms with Crippen LogP contribution < -0.4 is 0 Å². The molecule has 0 atom stereocenters. The average Bonchev–Trinajstić information content (AvgIpc) is 3.27. The summed E-state index contributed by atoms with van der Waals surface area (Å²) in [6, 6.07) is 71.9. The fourth-order valence-electron chi connectivity index (χ4n) is 7.22. The second-order valence-corrected chi connectivity index (χ2v) is 18.1. The number of benzene rings is 8. The zero-order chi connectivity index (χ0) is 37.5. The summed E-state index contributed by atoms with van der Waals surface area (Å²) in [4.78, 5) is 5.14. The van der Waals surface area contributed by atoms with Crippen molar-refractivity contribution in [2.45, 2.75) is 42.6 Å². The summed E-state index contributed by atoms with van der Waals surface area (Å²) in [6.45, 7) is 0. The summed E-state index contributed by atoms with van der Waals surface area (Å²) < 4.78 is 0. The quantitative estimate of drug-likeness (QED) is 0.150. The highest BCUT2D eigenvalue weighted by Gasteiger charge is 2.12. The molecule has 0 unspecified atom stereocenters. The smallest absolute Gasteiger partial charge is 0.0235 e. The fourth-order valence-corrected chi connectivity index (χ4v) is 10.9. The van der Waals surface area contributed by atoms with Crippen LogP contribution in [0.4, 0.5) is 0 Å².